The lowest BCUT2D eigenvalue weighted by atomic mass is 10.4. The summed E-state index contributed by atoms with van der Waals surface area (Å²) < 4.78 is 60.7. The van der Waals surface area contributed by atoms with Crippen molar-refractivity contribution in [2.45, 2.75) is 18.9 Å². The minimum absolute atomic E-state index is 0.0789. The lowest BCUT2D eigenvalue weighted by Crippen LogP contribution is -2.34. The van der Waals surface area contributed by atoms with E-state index in [1.165, 1.54) is 17.1 Å². The summed E-state index contributed by atoms with van der Waals surface area (Å²) in [7, 11) is -5.58. The first kappa shape index (κ1) is 20.1. The highest BCUT2D eigenvalue weighted by Gasteiger charge is 2.47. The van der Waals surface area contributed by atoms with Crippen LogP contribution in [0.4, 0.5) is 18.0 Å². The number of hydrogen-bond donors (Lipinski definition) is 1. The van der Waals surface area contributed by atoms with Gasteiger partial charge < -0.3 is 9.74 Å². The van der Waals surface area contributed by atoms with Crippen LogP contribution in [0.3, 0.4) is 0 Å². The van der Waals surface area contributed by atoms with Gasteiger partial charge in [-0.15, -0.1) is 0 Å². The van der Waals surface area contributed by atoms with Crippen LogP contribution in [0.5, 0.6) is 0 Å². The molecule has 0 aliphatic heterocycles. The van der Waals surface area contributed by atoms with Crippen LogP contribution in [0.15, 0.2) is 12.2 Å². The minimum Gasteiger partial charge on any atom is -0.316 e. The van der Waals surface area contributed by atoms with Crippen LogP contribution in [-0.4, -0.2) is 44.6 Å². The van der Waals surface area contributed by atoms with E-state index in [9.17, 15) is 26.4 Å². The maximum absolute atomic E-state index is 11.9. The third kappa shape index (κ3) is 7.19. The predicted molar refractivity (Wildman–Crippen MR) is 70.4 cm³/mol. The average molecular weight is 344 g/mol. The molecule has 0 bridgehead atoms. The Morgan fingerprint density at radius 1 is 1.41 bits per heavy atom. The first-order valence-electron chi connectivity index (χ1n) is 5.92. The van der Waals surface area contributed by atoms with Gasteiger partial charge in [0.2, 0.25) is 0 Å². The number of likely N-dealkylation sites (N-methyl/N-ethyl adjacent to an activating group) is 1. The fourth-order valence-electron chi connectivity index (χ4n) is 1.08. The van der Waals surface area contributed by atoms with Gasteiger partial charge in [-0.2, -0.15) is 27.1 Å². The van der Waals surface area contributed by atoms with Crippen LogP contribution in [0.1, 0.15) is 13.3 Å². The average Bonchev–Trinajstić information content (AvgIpc) is 2.42. The lowest BCUT2D eigenvalue weighted by Gasteiger charge is -2.17. The second kappa shape index (κ2) is 9.16. The van der Waals surface area contributed by atoms with Crippen molar-refractivity contribution < 1.29 is 35.4 Å². The minimum atomic E-state index is -5.58. The maximum Gasteiger partial charge on any atom is 0.523 e. The summed E-state index contributed by atoms with van der Waals surface area (Å²) in [4.78, 5) is 17.1. The Kier molecular flexibility index (Phi) is 8.36. The number of carbonyl (C=O) groups excluding carboxylic acids is 1. The van der Waals surface area contributed by atoms with E-state index < -0.39 is 28.3 Å². The smallest absolute Gasteiger partial charge is 0.316 e. The van der Waals surface area contributed by atoms with Crippen LogP contribution in [0.2, 0.25) is 0 Å². The normalized spacial score (nSPS) is 12.0. The molecule has 0 atom stereocenters. The Morgan fingerprint density at radius 2 is 2.05 bits per heavy atom. The third-order valence-corrected chi connectivity index (χ3v) is 3.18. The molecule has 0 aromatic rings. The van der Waals surface area contributed by atoms with Crippen molar-refractivity contribution in [1.82, 2.24) is 10.4 Å². The first-order valence-corrected chi connectivity index (χ1v) is 7.33. The van der Waals surface area contributed by atoms with Crippen LogP contribution in [0, 0.1) is 12.5 Å². The van der Waals surface area contributed by atoms with Gasteiger partial charge in [0.25, 0.3) is 0 Å². The van der Waals surface area contributed by atoms with Gasteiger partial charge in [-0.05, 0) is 13.3 Å². The van der Waals surface area contributed by atoms with Gasteiger partial charge in [-0.3, -0.25) is 4.18 Å². The zero-order valence-corrected chi connectivity index (χ0v) is 12.4. The second-order valence-corrected chi connectivity index (χ2v) is 5.24. The van der Waals surface area contributed by atoms with E-state index in [1.807, 2.05) is 11.5 Å². The molecule has 1 amide bonds. The highest BCUT2D eigenvalue weighted by Crippen LogP contribution is 2.24. The number of hydrogen-bond acceptors (Lipinski definition) is 6. The summed E-state index contributed by atoms with van der Waals surface area (Å²) in [5, 5.41) is 0. The van der Waals surface area contributed by atoms with Crippen molar-refractivity contribution in [2.75, 3.05) is 19.7 Å². The van der Waals surface area contributed by atoms with Crippen molar-refractivity contribution in [1.29, 1.82) is 0 Å². The largest absolute Gasteiger partial charge is 0.523 e. The predicted octanol–water partition coefficient (Wildman–Crippen LogP) is 1.35. The van der Waals surface area contributed by atoms with E-state index in [0.717, 1.165) is 0 Å². The molecular weight excluding hydrogens is 329 g/mol. The standard InChI is InChI=1S/C11H15F3N2O5S/c1-3-15-21-10(17)16(4-2)8-6-5-7-9-20-22(18,19)11(12,13)14/h1,5-6,15H,4,7-9H2,2H3/b6-5-. The fraction of sp³-hybridized carbons (Fsp3) is 0.545. The monoisotopic (exact) mass is 344 g/mol. The van der Waals surface area contributed by atoms with Crippen molar-refractivity contribution in [3.63, 3.8) is 0 Å². The lowest BCUT2D eigenvalue weighted by molar-refractivity contribution is -0.0541. The van der Waals surface area contributed by atoms with Crippen molar-refractivity contribution >= 4 is 16.2 Å². The summed E-state index contributed by atoms with van der Waals surface area (Å²) in [5.74, 6) is 0. The van der Waals surface area contributed by atoms with E-state index in [0.29, 0.717) is 6.54 Å². The number of terminal acetylenes is 1. The van der Waals surface area contributed by atoms with Gasteiger partial charge in [0.15, 0.2) is 0 Å². The molecule has 126 valence electrons. The maximum atomic E-state index is 11.9. The van der Waals surface area contributed by atoms with Crippen molar-refractivity contribution in [3.8, 4) is 12.5 Å². The van der Waals surface area contributed by atoms with E-state index in [1.54, 1.807) is 6.92 Å². The third-order valence-electron chi connectivity index (χ3n) is 2.14. The summed E-state index contributed by atoms with van der Waals surface area (Å²) in [6.07, 6.45) is 6.83. The Labute approximate surface area is 126 Å². The van der Waals surface area contributed by atoms with Gasteiger partial charge >= 0.3 is 21.7 Å². The molecule has 0 fully saturated rings. The molecule has 0 heterocycles. The Balaban J connectivity index is 4.15. The SMILES string of the molecule is C#CNOC(=O)N(CC)C/C=C\CCOS(=O)(=O)C(F)(F)F. The molecule has 0 aromatic heterocycles. The Hall–Kier alpha value is -1.93. The molecular formula is C11H15F3N2O5S. The van der Waals surface area contributed by atoms with Crippen molar-refractivity contribution in [2.24, 2.45) is 0 Å². The molecule has 0 aromatic carbocycles. The molecule has 0 unspecified atom stereocenters. The van der Waals surface area contributed by atoms with E-state index in [-0.39, 0.29) is 13.0 Å². The topological polar surface area (TPSA) is 84.9 Å². The van der Waals surface area contributed by atoms with Crippen LogP contribution in [-0.2, 0) is 19.1 Å². The number of hydroxylamine groups is 1. The molecule has 0 aliphatic rings. The first-order chi connectivity index (χ1) is 10.2. The van der Waals surface area contributed by atoms with Crippen molar-refractivity contribution in [3.05, 3.63) is 12.2 Å². The molecule has 0 aliphatic carbocycles. The van der Waals surface area contributed by atoms with Crippen LogP contribution in [0.25, 0.3) is 0 Å². The van der Waals surface area contributed by atoms with Crippen LogP contribution < -0.4 is 5.48 Å². The zero-order chi connectivity index (χ0) is 17.2. The second-order valence-electron chi connectivity index (χ2n) is 3.63. The van der Waals surface area contributed by atoms with Gasteiger partial charge in [0.05, 0.1) is 6.61 Å². The quantitative estimate of drug-likeness (QED) is 0.136. The Bertz CT molecular complexity index is 525. The van der Waals surface area contributed by atoms with E-state index in [2.05, 4.69) is 9.02 Å². The number of carbonyl (C=O) groups is 1. The number of amides is 1. The van der Waals surface area contributed by atoms with E-state index >= 15 is 0 Å². The molecule has 0 rings (SSSR count). The summed E-state index contributed by atoms with van der Waals surface area (Å²) >= 11 is 0. The molecule has 22 heavy (non-hydrogen) atoms. The number of nitrogens with one attached hydrogen (secondary N) is 1. The molecule has 0 saturated heterocycles. The number of alkyl halides is 3. The highest BCUT2D eigenvalue weighted by atomic mass is 32.2. The molecule has 1 N–H and O–H groups in total. The van der Waals surface area contributed by atoms with Gasteiger partial charge in [-0.1, -0.05) is 18.6 Å². The molecule has 0 radical (unpaired) electrons. The summed E-state index contributed by atoms with van der Waals surface area (Å²) in [5.41, 5.74) is -3.52. The van der Waals surface area contributed by atoms with Gasteiger partial charge in [-0.25, -0.2) is 4.79 Å². The number of nitrogens with zero attached hydrogens (tertiary/aromatic N) is 1. The zero-order valence-electron chi connectivity index (χ0n) is 11.6. The van der Waals surface area contributed by atoms with Gasteiger partial charge in [0, 0.05) is 19.1 Å². The Morgan fingerprint density at radius 3 is 2.55 bits per heavy atom. The fourth-order valence-corrected chi connectivity index (χ4v) is 1.53. The number of rotatable bonds is 8. The highest BCUT2D eigenvalue weighted by molar-refractivity contribution is 7.87. The van der Waals surface area contributed by atoms with Gasteiger partial charge in [0.1, 0.15) is 0 Å². The molecule has 7 nitrogen and oxygen atoms in total. The molecule has 0 saturated carbocycles. The molecule has 11 heteroatoms. The summed E-state index contributed by atoms with van der Waals surface area (Å²) in [6.45, 7) is 1.42. The summed E-state index contributed by atoms with van der Waals surface area (Å²) in [6, 6.07) is 1.88. The number of halogens is 3. The molecule has 0 spiro atoms. The van der Waals surface area contributed by atoms with Crippen LogP contribution >= 0.6 is 0 Å². The van der Waals surface area contributed by atoms with E-state index in [4.69, 9.17) is 6.42 Å².